The van der Waals surface area contributed by atoms with Gasteiger partial charge in [0, 0.05) is 31.2 Å². The Kier molecular flexibility index (Phi) is 4.92. The molecule has 0 radical (unpaired) electrons. The summed E-state index contributed by atoms with van der Waals surface area (Å²) in [6.45, 7) is 4.41. The van der Waals surface area contributed by atoms with Gasteiger partial charge < -0.3 is 15.0 Å². The summed E-state index contributed by atoms with van der Waals surface area (Å²) in [7, 11) is 0. The number of urea groups is 1. The van der Waals surface area contributed by atoms with Crippen LogP contribution >= 0.6 is 0 Å². The normalized spacial score (nSPS) is 13.3. The van der Waals surface area contributed by atoms with E-state index in [1.807, 2.05) is 54.3 Å². The van der Waals surface area contributed by atoms with Crippen LogP contribution < -0.4 is 10.1 Å². The number of hydrogen-bond acceptors (Lipinski definition) is 3. The molecule has 0 spiro atoms. The number of benzene rings is 2. The summed E-state index contributed by atoms with van der Waals surface area (Å²) in [6.07, 6.45) is 2.65. The minimum atomic E-state index is -0.0459. The Labute approximate surface area is 159 Å². The summed E-state index contributed by atoms with van der Waals surface area (Å²) < 4.78 is 5.59. The molecule has 2 heterocycles. The van der Waals surface area contributed by atoms with Gasteiger partial charge in [-0.3, -0.25) is 4.98 Å². The predicted molar refractivity (Wildman–Crippen MR) is 106 cm³/mol. The van der Waals surface area contributed by atoms with Gasteiger partial charge in [0.1, 0.15) is 5.75 Å². The van der Waals surface area contributed by atoms with Crippen molar-refractivity contribution in [1.82, 2.24) is 15.2 Å². The number of hydrogen-bond donors (Lipinski definition) is 1. The molecule has 0 atom stereocenters. The molecule has 1 aliphatic heterocycles. The number of fused-ring (bicyclic) bond motifs is 2. The Morgan fingerprint density at radius 3 is 2.96 bits per heavy atom. The second-order valence-corrected chi connectivity index (χ2v) is 6.69. The zero-order valence-corrected chi connectivity index (χ0v) is 15.4. The average Bonchev–Trinajstić information content (AvgIpc) is 2.71. The molecule has 1 N–H and O–H groups in total. The highest BCUT2D eigenvalue weighted by molar-refractivity contribution is 5.82. The summed E-state index contributed by atoms with van der Waals surface area (Å²) in [5.41, 5.74) is 4.41. The third kappa shape index (κ3) is 3.72. The second kappa shape index (κ2) is 7.66. The molecule has 2 aromatic carbocycles. The van der Waals surface area contributed by atoms with Crippen LogP contribution in [0.3, 0.4) is 0 Å². The largest absolute Gasteiger partial charge is 0.494 e. The van der Waals surface area contributed by atoms with Gasteiger partial charge in [-0.2, -0.15) is 0 Å². The van der Waals surface area contributed by atoms with Gasteiger partial charge in [0.2, 0.25) is 0 Å². The van der Waals surface area contributed by atoms with E-state index in [4.69, 9.17) is 4.74 Å². The maximum Gasteiger partial charge on any atom is 0.317 e. The Hall–Kier alpha value is -3.08. The van der Waals surface area contributed by atoms with Crippen molar-refractivity contribution < 1.29 is 9.53 Å². The monoisotopic (exact) mass is 361 g/mol. The second-order valence-electron chi connectivity index (χ2n) is 6.69. The number of ether oxygens (including phenoxy) is 1. The van der Waals surface area contributed by atoms with Crippen LogP contribution in [0.2, 0.25) is 0 Å². The predicted octanol–water partition coefficient (Wildman–Crippen LogP) is 3.90. The summed E-state index contributed by atoms with van der Waals surface area (Å²) >= 11 is 0. The SMILES string of the molecule is CCOc1ccc2c(c1)CN(C(=O)NCc1cccc3cccnc13)CC2. The topological polar surface area (TPSA) is 54.5 Å². The van der Waals surface area contributed by atoms with Crippen LogP contribution in [0.5, 0.6) is 5.75 Å². The van der Waals surface area contributed by atoms with Crippen LogP contribution in [0.1, 0.15) is 23.6 Å². The van der Waals surface area contributed by atoms with E-state index in [0.717, 1.165) is 40.7 Å². The molecule has 5 heteroatoms. The minimum Gasteiger partial charge on any atom is -0.494 e. The van der Waals surface area contributed by atoms with E-state index in [1.165, 1.54) is 5.56 Å². The van der Waals surface area contributed by atoms with Crippen molar-refractivity contribution in [3.8, 4) is 5.75 Å². The zero-order valence-electron chi connectivity index (χ0n) is 15.4. The number of carbonyl (C=O) groups is 1. The van der Waals surface area contributed by atoms with Gasteiger partial charge in [-0.05, 0) is 48.2 Å². The van der Waals surface area contributed by atoms with Crippen LogP contribution in [0.25, 0.3) is 10.9 Å². The van der Waals surface area contributed by atoms with E-state index < -0.39 is 0 Å². The van der Waals surface area contributed by atoms with E-state index in [2.05, 4.69) is 16.4 Å². The van der Waals surface area contributed by atoms with Crippen LogP contribution in [-0.4, -0.2) is 29.1 Å². The van der Waals surface area contributed by atoms with Gasteiger partial charge >= 0.3 is 6.03 Å². The van der Waals surface area contributed by atoms with Gasteiger partial charge in [-0.15, -0.1) is 0 Å². The van der Waals surface area contributed by atoms with Crippen LogP contribution in [0.4, 0.5) is 4.79 Å². The lowest BCUT2D eigenvalue weighted by Gasteiger charge is -2.29. The first-order chi connectivity index (χ1) is 13.2. The third-order valence-electron chi connectivity index (χ3n) is 4.93. The van der Waals surface area contributed by atoms with Crippen molar-refractivity contribution in [2.45, 2.75) is 26.4 Å². The van der Waals surface area contributed by atoms with E-state index in [9.17, 15) is 4.79 Å². The quantitative estimate of drug-likeness (QED) is 0.767. The smallest absolute Gasteiger partial charge is 0.317 e. The summed E-state index contributed by atoms with van der Waals surface area (Å²) in [5.74, 6) is 0.861. The lowest BCUT2D eigenvalue weighted by Crippen LogP contribution is -2.42. The first-order valence-electron chi connectivity index (χ1n) is 9.34. The van der Waals surface area contributed by atoms with E-state index in [-0.39, 0.29) is 6.03 Å². The molecule has 1 aliphatic rings. The van der Waals surface area contributed by atoms with E-state index in [0.29, 0.717) is 19.7 Å². The molecule has 2 amide bonds. The van der Waals surface area contributed by atoms with Gasteiger partial charge in [0.25, 0.3) is 0 Å². The molecule has 1 aromatic heterocycles. The van der Waals surface area contributed by atoms with Crippen molar-refractivity contribution in [3.63, 3.8) is 0 Å². The summed E-state index contributed by atoms with van der Waals surface area (Å²) in [6, 6.07) is 16.1. The number of rotatable bonds is 4. The summed E-state index contributed by atoms with van der Waals surface area (Å²) in [5, 5.41) is 4.13. The molecule has 4 rings (SSSR count). The van der Waals surface area contributed by atoms with Crippen LogP contribution in [-0.2, 0) is 19.5 Å². The van der Waals surface area contributed by atoms with Crippen LogP contribution in [0, 0.1) is 0 Å². The number of amides is 2. The van der Waals surface area contributed by atoms with Crippen molar-refractivity contribution in [2.75, 3.05) is 13.2 Å². The first kappa shape index (κ1) is 17.3. The molecule has 0 saturated carbocycles. The standard InChI is InChI=1S/C22H23N3O2/c1-2-27-20-9-8-16-10-12-25(15-19(16)13-20)22(26)24-14-18-6-3-5-17-7-4-11-23-21(17)18/h3-9,11,13H,2,10,12,14-15H2,1H3,(H,24,26). The fourth-order valence-corrected chi connectivity index (χ4v) is 3.56. The number of para-hydroxylation sites is 1. The Bertz CT molecular complexity index is 965. The fourth-order valence-electron chi connectivity index (χ4n) is 3.56. The summed E-state index contributed by atoms with van der Waals surface area (Å²) in [4.78, 5) is 19.0. The molecule has 5 nitrogen and oxygen atoms in total. The minimum absolute atomic E-state index is 0.0459. The number of pyridine rings is 1. The molecule has 138 valence electrons. The number of nitrogens with one attached hydrogen (secondary N) is 1. The highest BCUT2D eigenvalue weighted by atomic mass is 16.5. The number of aromatic nitrogens is 1. The molecule has 0 unspecified atom stereocenters. The maximum absolute atomic E-state index is 12.7. The molecule has 0 aliphatic carbocycles. The molecule has 0 fully saturated rings. The highest BCUT2D eigenvalue weighted by Gasteiger charge is 2.21. The average molecular weight is 361 g/mol. The van der Waals surface area contributed by atoms with E-state index in [1.54, 1.807) is 6.20 Å². The van der Waals surface area contributed by atoms with Crippen molar-refractivity contribution in [2.24, 2.45) is 0 Å². The third-order valence-corrected chi connectivity index (χ3v) is 4.93. The lowest BCUT2D eigenvalue weighted by atomic mass is 10.00. The van der Waals surface area contributed by atoms with Gasteiger partial charge in [-0.25, -0.2) is 4.79 Å². The molecular weight excluding hydrogens is 338 g/mol. The van der Waals surface area contributed by atoms with Crippen molar-refractivity contribution in [1.29, 1.82) is 0 Å². The Morgan fingerprint density at radius 2 is 2.07 bits per heavy atom. The first-order valence-corrected chi connectivity index (χ1v) is 9.34. The highest BCUT2D eigenvalue weighted by Crippen LogP contribution is 2.24. The zero-order chi connectivity index (χ0) is 18.6. The van der Waals surface area contributed by atoms with E-state index >= 15 is 0 Å². The fraction of sp³-hybridized carbons (Fsp3) is 0.273. The Morgan fingerprint density at radius 1 is 1.19 bits per heavy atom. The molecule has 3 aromatic rings. The van der Waals surface area contributed by atoms with Gasteiger partial charge in [-0.1, -0.05) is 30.3 Å². The number of carbonyl (C=O) groups excluding carboxylic acids is 1. The van der Waals surface area contributed by atoms with Crippen LogP contribution in [0.15, 0.2) is 54.7 Å². The van der Waals surface area contributed by atoms with Crippen molar-refractivity contribution in [3.05, 3.63) is 71.4 Å². The van der Waals surface area contributed by atoms with Crippen molar-refractivity contribution >= 4 is 16.9 Å². The lowest BCUT2D eigenvalue weighted by molar-refractivity contribution is 0.192. The van der Waals surface area contributed by atoms with Gasteiger partial charge in [0.05, 0.1) is 12.1 Å². The number of nitrogens with zero attached hydrogens (tertiary/aromatic N) is 2. The molecular formula is C22H23N3O2. The Balaban J connectivity index is 1.44. The maximum atomic E-state index is 12.7. The molecule has 27 heavy (non-hydrogen) atoms. The molecule has 0 bridgehead atoms. The molecule has 0 saturated heterocycles. The van der Waals surface area contributed by atoms with Gasteiger partial charge in [0.15, 0.2) is 0 Å².